The molecule has 2 nitrogen and oxygen atoms in total. The molecule has 7 atom stereocenters. The molecule has 5 rings (SSSR count). The van der Waals surface area contributed by atoms with Crippen molar-refractivity contribution in [1.29, 1.82) is 0 Å². The van der Waals surface area contributed by atoms with Crippen LogP contribution in [0.4, 0.5) is 0 Å². The van der Waals surface area contributed by atoms with Crippen LogP contribution in [0.25, 0.3) is 0 Å². The fraction of sp³-hybridized carbons (Fsp3) is 0.621. The average molecular weight is 417 g/mol. The SMILES string of the molecule is CC(=O)O[C@@H]1CC[C@@]2(C)[C@@H](CC[C@H]3[C@H]2CC[C@]2(C)C(C#Cc4ccccc4)=CC[C@H]32)C1. The smallest absolute Gasteiger partial charge is 0.302 e. The number of esters is 1. The lowest BCUT2D eigenvalue weighted by Gasteiger charge is -2.60. The number of carbonyl (C=O) groups excluding carboxylic acids is 1. The standard InChI is InChI=1S/C29H36O2/c1-20(30)31-24-15-17-29(3)23(19-24)11-13-25-26-14-12-22(28(26,2)18-16-27(25)29)10-9-21-7-5-4-6-8-21/h4-8,12,23-27H,11,13-19H2,1-3H3/t23-,24+,25+,26+,27+,28+,29-/m0/s1. The van der Waals surface area contributed by atoms with Crippen molar-refractivity contribution < 1.29 is 9.53 Å². The second-order valence-corrected chi connectivity index (χ2v) is 11.1. The van der Waals surface area contributed by atoms with Gasteiger partial charge in [-0.2, -0.15) is 0 Å². The maximum atomic E-state index is 11.5. The maximum Gasteiger partial charge on any atom is 0.302 e. The molecule has 31 heavy (non-hydrogen) atoms. The van der Waals surface area contributed by atoms with Gasteiger partial charge in [-0.1, -0.05) is 50.0 Å². The lowest BCUT2D eigenvalue weighted by molar-refractivity contribution is -0.158. The van der Waals surface area contributed by atoms with E-state index in [1.54, 1.807) is 6.92 Å². The van der Waals surface area contributed by atoms with E-state index in [-0.39, 0.29) is 17.5 Å². The van der Waals surface area contributed by atoms with Crippen LogP contribution in [-0.2, 0) is 9.53 Å². The molecule has 0 spiro atoms. The van der Waals surface area contributed by atoms with Crippen LogP contribution in [-0.4, -0.2) is 12.1 Å². The number of hydrogen-bond donors (Lipinski definition) is 0. The van der Waals surface area contributed by atoms with Crippen molar-refractivity contribution in [2.75, 3.05) is 0 Å². The molecule has 0 radical (unpaired) electrons. The predicted molar refractivity (Wildman–Crippen MR) is 124 cm³/mol. The number of benzene rings is 1. The molecule has 0 N–H and O–H groups in total. The first-order valence-electron chi connectivity index (χ1n) is 12.3. The summed E-state index contributed by atoms with van der Waals surface area (Å²) in [4.78, 5) is 11.5. The van der Waals surface area contributed by atoms with Crippen LogP contribution < -0.4 is 0 Å². The number of ether oxygens (including phenoxy) is 1. The molecule has 4 aliphatic carbocycles. The second kappa shape index (κ2) is 7.84. The van der Waals surface area contributed by atoms with E-state index < -0.39 is 0 Å². The summed E-state index contributed by atoms with van der Waals surface area (Å²) in [5.41, 5.74) is 3.17. The number of allylic oxidation sites excluding steroid dienone is 2. The van der Waals surface area contributed by atoms with E-state index in [2.05, 4.69) is 62.1 Å². The van der Waals surface area contributed by atoms with E-state index in [9.17, 15) is 4.79 Å². The van der Waals surface area contributed by atoms with Gasteiger partial charge < -0.3 is 4.74 Å². The highest BCUT2D eigenvalue weighted by Crippen LogP contribution is 2.66. The summed E-state index contributed by atoms with van der Waals surface area (Å²) >= 11 is 0. The van der Waals surface area contributed by atoms with Crippen molar-refractivity contribution in [3.05, 3.63) is 47.5 Å². The highest BCUT2D eigenvalue weighted by atomic mass is 16.5. The third-order valence-corrected chi connectivity index (χ3v) is 9.65. The van der Waals surface area contributed by atoms with Crippen LogP contribution in [0.2, 0.25) is 0 Å². The largest absolute Gasteiger partial charge is 0.463 e. The summed E-state index contributed by atoms with van der Waals surface area (Å²) in [6.07, 6.45) is 12.4. The minimum absolute atomic E-state index is 0.114. The molecular formula is C29H36O2. The van der Waals surface area contributed by atoms with E-state index in [4.69, 9.17) is 4.74 Å². The molecule has 3 fully saturated rings. The Morgan fingerprint density at radius 2 is 1.81 bits per heavy atom. The highest BCUT2D eigenvalue weighted by Gasteiger charge is 2.58. The topological polar surface area (TPSA) is 26.3 Å². The van der Waals surface area contributed by atoms with E-state index >= 15 is 0 Å². The Morgan fingerprint density at radius 3 is 2.58 bits per heavy atom. The average Bonchev–Trinajstić information content (AvgIpc) is 3.09. The molecule has 0 heterocycles. The fourth-order valence-corrected chi connectivity index (χ4v) is 7.98. The van der Waals surface area contributed by atoms with Gasteiger partial charge in [0.2, 0.25) is 0 Å². The summed E-state index contributed by atoms with van der Waals surface area (Å²) in [6, 6.07) is 10.4. The Balaban J connectivity index is 1.33. The summed E-state index contributed by atoms with van der Waals surface area (Å²) in [5, 5.41) is 0. The second-order valence-electron chi connectivity index (χ2n) is 11.1. The Bertz CT molecular complexity index is 934. The van der Waals surface area contributed by atoms with Gasteiger partial charge in [-0.25, -0.2) is 0 Å². The molecule has 0 aromatic heterocycles. The molecule has 0 saturated heterocycles. The van der Waals surface area contributed by atoms with Gasteiger partial charge in [0.1, 0.15) is 6.10 Å². The third-order valence-electron chi connectivity index (χ3n) is 9.65. The van der Waals surface area contributed by atoms with E-state index in [1.807, 2.05) is 0 Å². The van der Waals surface area contributed by atoms with E-state index in [0.29, 0.717) is 11.3 Å². The Kier molecular flexibility index (Phi) is 5.28. The van der Waals surface area contributed by atoms with Crippen molar-refractivity contribution in [2.45, 2.75) is 78.2 Å². The van der Waals surface area contributed by atoms with Crippen molar-refractivity contribution >= 4 is 5.97 Å². The molecule has 2 heteroatoms. The minimum Gasteiger partial charge on any atom is -0.463 e. The molecule has 4 aliphatic rings. The van der Waals surface area contributed by atoms with Crippen LogP contribution >= 0.6 is 0 Å². The van der Waals surface area contributed by atoms with Crippen molar-refractivity contribution in [3.63, 3.8) is 0 Å². The van der Waals surface area contributed by atoms with Crippen LogP contribution in [0, 0.1) is 46.3 Å². The number of carbonyl (C=O) groups is 1. The molecule has 0 aliphatic heterocycles. The maximum absolute atomic E-state index is 11.5. The fourth-order valence-electron chi connectivity index (χ4n) is 7.98. The van der Waals surface area contributed by atoms with Crippen molar-refractivity contribution in [3.8, 4) is 11.8 Å². The van der Waals surface area contributed by atoms with Crippen molar-refractivity contribution in [2.24, 2.45) is 34.5 Å². The van der Waals surface area contributed by atoms with Crippen LogP contribution in [0.3, 0.4) is 0 Å². The van der Waals surface area contributed by atoms with Crippen LogP contribution in [0.15, 0.2) is 42.0 Å². The normalized spacial score (nSPS) is 41.0. The van der Waals surface area contributed by atoms with Gasteiger partial charge in [-0.15, -0.1) is 0 Å². The predicted octanol–water partition coefficient (Wildman–Crippen LogP) is 6.55. The summed E-state index contributed by atoms with van der Waals surface area (Å²) in [6.45, 7) is 6.62. The zero-order chi connectivity index (χ0) is 21.6. The zero-order valence-corrected chi connectivity index (χ0v) is 19.3. The molecule has 164 valence electrons. The van der Waals surface area contributed by atoms with Crippen LogP contribution in [0.1, 0.15) is 77.7 Å². The molecule has 1 aromatic carbocycles. The van der Waals surface area contributed by atoms with E-state index in [0.717, 1.165) is 36.2 Å². The number of fused-ring (bicyclic) bond motifs is 5. The van der Waals surface area contributed by atoms with Gasteiger partial charge in [0.05, 0.1) is 0 Å². The lowest BCUT2D eigenvalue weighted by atomic mass is 9.44. The van der Waals surface area contributed by atoms with Crippen molar-refractivity contribution in [1.82, 2.24) is 0 Å². The lowest BCUT2D eigenvalue weighted by Crippen LogP contribution is -2.53. The monoisotopic (exact) mass is 416 g/mol. The summed E-state index contributed by atoms with van der Waals surface area (Å²) in [5.74, 6) is 9.99. The molecule has 0 bridgehead atoms. The first-order chi connectivity index (χ1) is 14.9. The third kappa shape index (κ3) is 3.55. The highest BCUT2D eigenvalue weighted by molar-refractivity contribution is 5.66. The Labute approximate surface area is 187 Å². The Hall–Kier alpha value is -2.01. The molecule has 0 unspecified atom stereocenters. The number of hydrogen-bond acceptors (Lipinski definition) is 2. The van der Waals surface area contributed by atoms with Gasteiger partial charge >= 0.3 is 5.97 Å². The van der Waals surface area contributed by atoms with Gasteiger partial charge in [0.15, 0.2) is 0 Å². The zero-order valence-electron chi connectivity index (χ0n) is 19.3. The first-order valence-corrected chi connectivity index (χ1v) is 12.3. The van der Waals surface area contributed by atoms with Gasteiger partial charge in [-0.05, 0) is 92.6 Å². The summed E-state index contributed by atoms with van der Waals surface area (Å²) in [7, 11) is 0. The van der Waals surface area contributed by atoms with E-state index in [1.165, 1.54) is 44.1 Å². The molecular weight excluding hydrogens is 380 g/mol. The first kappa shape index (κ1) is 20.9. The number of rotatable bonds is 1. The summed E-state index contributed by atoms with van der Waals surface area (Å²) < 4.78 is 5.62. The Morgan fingerprint density at radius 1 is 1.00 bits per heavy atom. The van der Waals surface area contributed by atoms with Gasteiger partial charge in [0.25, 0.3) is 0 Å². The van der Waals surface area contributed by atoms with Gasteiger partial charge in [-0.3, -0.25) is 4.79 Å². The molecule has 1 aromatic rings. The molecule has 3 saturated carbocycles. The minimum atomic E-state index is -0.114. The van der Waals surface area contributed by atoms with Crippen LogP contribution in [0.5, 0.6) is 0 Å². The van der Waals surface area contributed by atoms with Gasteiger partial charge in [0, 0.05) is 23.5 Å². The quantitative estimate of drug-likeness (QED) is 0.383. The molecule has 0 amide bonds.